The molecule has 3 aliphatic rings. The molecule has 0 amide bonds. The van der Waals surface area contributed by atoms with Crippen molar-refractivity contribution in [3.63, 3.8) is 0 Å². The number of rotatable bonds is 3. The maximum absolute atomic E-state index is 11.2. The molecule has 2 N–H and O–H groups in total. The second-order valence-corrected chi connectivity index (χ2v) is 4.67. The zero-order valence-electron chi connectivity index (χ0n) is 7.60. The summed E-state index contributed by atoms with van der Waals surface area (Å²) in [6, 6.07) is 0. The van der Waals surface area contributed by atoms with Crippen molar-refractivity contribution < 1.29 is 28.3 Å². The van der Waals surface area contributed by atoms with E-state index >= 15 is 0 Å². The Morgan fingerprint density at radius 2 is 2.14 bits per heavy atom. The molecule has 0 spiro atoms. The van der Waals surface area contributed by atoms with Crippen molar-refractivity contribution >= 4 is 7.82 Å². The normalized spacial score (nSPS) is 39.1. The first-order valence-electron chi connectivity index (χ1n) is 4.35. The van der Waals surface area contributed by atoms with Gasteiger partial charge >= 0.3 is 13.8 Å². The van der Waals surface area contributed by atoms with Gasteiger partial charge in [0.2, 0.25) is 5.76 Å². The minimum Gasteiger partial charge on any atom is -0.478 e. The van der Waals surface area contributed by atoms with E-state index in [0.717, 1.165) is 12.8 Å². The zero-order valence-corrected chi connectivity index (χ0v) is 8.49. The van der Waals surface area contributed by atoms with Gasteiger partial charge in [0, 0.05) is 6.42 Å². The highest BCUT2D eigenvalue weighted by Crippen LogP contribution is 2.77. The largest absolute Gasteiger partial charge is 0.536 e. The first kappa shape index (κ1) is 9.83. The molecule has 0 aromatic carbocycles. The van der Waals surface area contributed by atoms with Crippen molar-refractivity contribution in [2.24, 2.45) is 0 Å². The van der Waals surface area contributed by atoms with Crippen LogP contribution in [0.3, 0.4) is 0 Å². The predicted molar refractivity (Wildman–Crippen MR) is 45.4 cm³/mol. The Morgan fingerprint density at radius 3 is 2.64 bits per heavy atom. The van der Waals surface area contributed by atoms with Gasteiger partial charge in [-0.3, -0.25) is 0 Å². The van der Waals surface area contributed by atoms with Crippen LogP contribution < -0.4 is 0 Å². The number of aliphatic hydroxyl groups excluding tert-OH is 1. The number of phosphoric ester groups is 1. The smallest absolute Gasteiger partial charge is 0.478 e. The van der Waals surface area contributed by atoms with E-state index in [1.165, 1.54) is 0 Å². The molecule has 80 valence electrons. The summed E-state index contributed by atoms with van der Waals surface area (Å²) >= 11 is 0. The van der Waals surface area contributed by atoms with Crippen molar-refractivity contribution in [3.05, 3.63) is 11.7 Å². The summed E-state index contributed by atoms with van der Waals surface area (Å²) < 4.78 is 25.8. The fourth-order valence-electron chi connectivity index (χ4n) is 1.50. The molecule has 3 heterocycles. The summed E-state index contributed by atoms with van der Waals surface area (Å²) in [5.41, 5.74) is 0. The summed E-state index contributed by atoms with van der Waals surface area (Å²) in [4.78, 5) is 0. The van der Waals surface area contributed by atoms with Gasteiger partial charge in [0.25, 0.3) is 5.79 Å². The quantitative estimate of drug-likeness (QED) is 0.563. The molecule has 0 unspecified atom stereocenters. The van der Waals surface area contributed by atoms with Gasteiger partial charge in [-0.05, 0) is 6.42 Å². The Bertz CT molecular complexity index is 321. The van der Waals surface area contributed by atoms with Crippen LogP contribution in [0.4, 0.5) is 0 Å². The number of unbranched alkanes of at least 4 members (excludes halogenated alkanes) is 1. The second kappa shape index (κ2) is 2.89. The van der Waals surface area contributed by atoms with Crippen LogP contribution in [0.2, 0.25) is 0 Å². The van der Waals surface area contributed by atoms with Gasteiger partial charge in [-0.25, -0.2) is 13.6 Å². The van der Waals surface area contributed by atoms with Gasteiger partial charge in [-0.1, -0.05) is 13.3 Å². The lowest BCUT2D eigenvalue weighted by atomic mass is 10.1. The lowest BCUT2D eigenvalue weighted by Gasteiger charge is -2.31. The lowest BCUT2D eigenvalue weighted by molar-refractivity contribution is -0.157. The monoisotopic (exact) mass is 222 g/mol. The molecule has 3 fully saturated rings. The van der Waals surface area contributed by atoms with E-state index < -0.39 is 19.6 Å². The van der Waals surface area contributed by atoms with E-state index in [-0.39, 0.29) is 5.76 Å². The van der Waals surface area contributed by atoms with E-state index in [1.54, 1.807) is 0 Å². The molecule has 3 rings (SSSR count). The van der Waals surface area contributed by atoms with Gasteiger partial charge in [0.05, 0.1) is 0 Å². The Kier molecular flexibility index (Phi) is 2.03. The van der Waals surface area contributed by atoms with Crippen LogP contribution in [0.5, 0.6) is 0 Å². The van der Waals surface area contributed by atoms with E-state index in [2.05, 4.69) is 4.52 Å². The van der Waals surface area contributed by atoms with E-state index in [0.29, 0.717) is 6.42 Å². The number of hydrogen-bond acceptors (Lipinski definition) is 6. The summed E-state index contributed by atoms with van der Waals surface area (Å²) in [5.74, 6) is -2.62. The van der Waals surface area contributed by atoms with Gasteiger partial charge < -0.3 is 14.7 Å². The third-order valence-electron chi connectivity index (χ3n) is 2.13. The first-order chi connectivity index (χ1) is 6.51. The predicted octanol–water partition coefficient (Wildman–Crippen LogP) is 2.34. The van der Waals surface area contributed by atoms with Crippen LogP contribution in [-0.2, 0) is 18.1 Å². The average Bonchev–Trinajstić information content (AvgIpc) is 2.49. The van der Waals surface area contributed by atoms with Crippen molar-refractivity contribution in [2.75, 3.05) is 0 Å². The molecule has 0 aliphatic carbocycles. The van der Waals surface area contributed by atoms with Crippen LogP contribution in [0.25, 0.3) is 0 Å². The fraction of sp³-hybridized carbons (Fsp3) is 0.714. The first-order valence-corrected chi connectivity index (χ1v) is 5.81. The number of phosphoric acid groups is 1. The minimum absolute atomic E-state index is 0.269. The van der Waals surface area contributed by atoms with Gasteiger partial charge in [-0.2, -0.15) is 0 Å². The Morgan fingerprint density at radius 1 is 1.50 bits per heavy atom. The molecular weight excluding hydrogens is 211 g/mol. The van der Waals surface area contributed by atoms with E-state index in [1.807, 2.05) is 6.92 Å². The highest BCUT2D eigenvalue weighted by molar-refractivity contribution is 7.50. The summed E-state index contributed by atoms with van der Waals surface area (Å²) in [6.45, 7) is 1.97. The summed E-state index contributed by atoms with van der Waals surface area (Å²) in [7, 11) is -3.49. The molecule has 0 radical (unpaired) electrons. The van der Waals surface area contributed by atoms with Crippen LogP contribution in [0.15, 0.2) is 11.7 Å². The molecular formula is C7H11O6P. The van der Waals surface area contributed by atoms with Crippen molar-refractivity contribution in [2.45, 2.75) is 32.0 Å². The highest BCUT2D eigenvalue weighted by Gasteiger charge is 2.71. The van der Waals surface area contributed by atoms with Gasteiger partial charge in [0.1, 0.15) is 0 Å². The number of hydrogen-bond donors (Lipinski definition) is 2. The Hall–Kier alpha value is -0.710. The maximum Gasteiger partial charge on any atom is 0.536 e. The molecule has 0 saturated carbocycles. The fourth-order valence-corrected chi connectivity index (χ4v) is 3.10. The van der Waals surface area contributed by atoms with Crippen LogP contribution in [-0.4, -0.2) is 16.0 Å². The minimum atomic E-state index is -3.49. The van der Waals surface area contributed by atoms with Crippen LogP contribution >= 0.6 is 7.82 Å². The third kappa shape index (κ3) is 1.22. The topological polar surface area (TPSA) is 85.2 Å². The third-order valence-corrected chi connectivity index (χ3v) is 3.57. The van der Waals surface area contributed by atoms with Gasteiger partial charge in [-0.15, -0.1) is 0 Å². The van der Waals surface area contributed by atoms with Crippen LogP contribution in [0, 0.1) is 0 Å². The molecule has 3 aliphatic heterocycles. The second-order valence-electron chi connectivity index (χ2n) is 3.23. The molecule has 0 aromatic heterocycles. The summed E-state index contributed by atoms with van der Waals surface area (Å²) in [6.07, 6.45) is 2.03. The van der Waals surface area contributed by atoms with Crippen molar-refractivity contribution in [1.29, 1.82) is 0 Å². The van der Waals surface area contributed by atoms with Crippen molar-refractivity contribution in [1.82, 2.24) is 0 Å². The van der Waals surface area contributed by atoms with E-state index in [4.69, 9.17) is 19.3 Å². The van der Waals surface area contributed by atoms with Crippen molar-refractivity contribution in [3.8, 4) is 0 Å². The van der Waals surface area contributed by atoms with E-state index in [9.17, 15) is 4.57 Å². The average molecular weight is 222 g/mol. The Labute approximate surface area is 80.7 Å². The molecule has 0 atom stereocenters. The molecule has 14 heavy (non-hydrogen) atoms. The molecule has 6 nitrogen and oxygen atoms in total. The van der Waals surface area contributed by atoms with Gasteiger partial charge in [0.15, 0.2) is 0 Å². The lowest BCUT2D eigenvalue weighted by Crippen LogP contribution is -2.37. The molecule has 7 heteroatoms. The Balaban J connectivity index is 2.21. The molecule has 2 bridgehead atoms. The highest BCUT2D eigenvalue weighted by atomic mass is 31.2. The number of fused-ring (bicyclic) bond motifs is 1. The molecule has 3 saturated heterocycles. The maximum atomic E-state index is 11.2. The molecule has 0 aromatic rings. The SMILES string of the molecule is CCCCC12OP(=O)(OC1=C(O)O)O2. The summed E-state index contributed by atoms with van der Waals surface area (Å²) in [5, 5.41) is 17.7. The van der Waals surface area contributed by atoms with Crippen LogP contribution in [0.1, 0.15) is 26.2 Å². The zero-order chi connectivity index (χ0) is 10.4. The standard InChI is InChI=1S/C7H11O6P/c1-2-3-4-7-5(6(8)9)11-14(10,12-7)13-7/h8-9H,2-4H2,1H3. The number of aliphatic hydroxyl groups is 2.